The molecule has 4 aromatic carbocycles. The number of hydrogen-bond acceptors (Lipinski definition) is 4. The van der Waals surface area contributed by atoms with Crippen LogP contribution in [-0.4, -0.2) is 15.9 Å². The Bertz CT molecular complexity index is 2410. The van der Waals surface area contributed by atoms with Gasteiger partial charge >= 0.3 is 0 Å². The van der Waals surface area contributed by atoms with E-state index < -0.39 is 0 Å². The number of carbonyl (C=O) groups excluding carboxylic acids is 1. The van der Waals surface area contributed by atoms with Gasteiger partial charge in [0.25, 0.3) is 0 Å². The monoisotopic (exact) mass is 943 g/mol. The zero-order valence-electron chi connectivity index (χ0n) is 36.3. The number of aromatic nitrogens is 1. The summed E-state index contributed by atoms with van der Waals surface area (Å²) < 4.78 is 6.96. The largest absolute Gasteiger partial charge is 0.512 e. The molecule has 4 nitrogen and oxygen atoms in total. The second-order valence-corrected chi connectivity index (χ2v) is 18.1. The minimum Gasteiger partial charge on any atom is -0.512 e. The Morgan fingerprint density at radius 3 is 2.07 bits per heavy atom. The molecule has 6 aromatic rings. The molecule has 0 spiro atoms. The predicted molar refractivity (Wildman–Crippen MR) is 238 cm³/mol. The summed E-state index contributed by atoms with van der Waals surface area (Å²) in [4.78, 5) is 17.6. The second kappa shape index (κ2) is 17.6. The third kappa shape index (κ3) is 8.67. The van der Waals surface area contributed by atoms with Crippen LogP contribution in [0.4, 0.5) is 0 Å². The second-order valence-electron chi connectivity index (χ2n) is 18.1. The number of aliphatic hydroxyl groups excluding tert-OH is 1. The molecule has 305 valence electrons. The van der Waals surface area contributed by atoms with Crippen LogP contribution >= 0.6 is 0 Å². The fraction of sp³-hybridized carbons (Fsp3) is 0.462. The molecule has 7 rings (SSSR count). The van der Waals surface area contributed by atoms with E-state index in [1.165, 1.54) is 71.2 Å². The van der Waals surface area contributed by atoms with Gasteiger partial charge in [0.05, 0.1) is 5.52 Å². The first-order chi connectivity index (χ1) is 26.6. The van der Waals surface area contributed by atoms with Crippen LogP contribution in [0.1, 0.15) is 148 Å². The molecule has 5 heteroatoms. The molecule has 0 saturated heterocycles. The maximum absolute atomic E-state index is 12.2. The molecule has 1 aliphatic rings. The molecular formula is C52H64IrNO3-. The SMILES string of the molecule is CCC(C)(CC)C(=O)/C=C(\O)C(C)(CC)CC.Cc1cc(C)c2c(c1)nc(-c1[c-]c3ccccc3c(C(C)(C)C)c1)c1c3cccc(C4CCCCC4)c3oc21.[Ir]. The van der Waals surface area contributed by atoms with Gasteiger partial charge in [-0.3, -0.25) is 9.78 Å². The van der Waals surface area contributed by atoms with Gasteiger partial charge in [0.1, 0.15) is 16.9 Å². The smallest absolute Gasteiger partial charge is 0.164 e. The molecule has 0 unspecified atom stereocenters. The third-order valence-electron chi connectivity index (χ3n) is 13.4. The summed E-state index contributed by atoms with van der Waals surface area (Å²) in [7, 11) is 0. The molecule has 1 aliphatic carbocycles. The molecule has 0 atom stereocenters. The van der Waals surface area contributed by atoms with Crippen molar-refractivity contribution in [2.24, 2.45) is 10.8 Å². The van der Waals surface area contributed by atoms with E-state index in [9.17, 15) is 9.90 Å². The van der Waals surface area contributed by atoms with Crippen molar-refractivity contribution in [3.05, 3.63) is 101 Å². The van der Waals surface area contributed by atoms with Gasteiger partial charge in [-0.1, -0.05) is 135 Å². The average Bonchev–Trinajstić information content (AvgIpc) is 3.59. The normalized spacial score (nSPS) is 14.5. The standard InChI is InChI=1S/C37H36NO.C15H28O2.Ir/c1-22-18-23(2)32-31(19-22)38-34(26-20-25-14-9-10-15-27(25)30(21-26)37(3,4)5)33-29-17-11-16-28(35(29)39-36(32)33)24-12-7-6-8-13-24;1-7-14(5,8-2)12(16)11-13(17)15(6,9-3)10-4;/h9-11,14-19,21,24H,6-8,12-13H2,1-5H3;11,16H,7-10H2,1-6H3;/q-1;;/b;12-11-;. The number of allylic oxidation sites excluding steroid dienone is 2. The number of carbonyl (C=O) groups is 1. The van der Waals surface area contributed by atoms with Crippen LogP contribution in [0.15, 0.2) is 76.9 Å². The summed E-state index contributed by atoms with van der Waals surface area (Å²) in [5.74, 6) is 0.850. The zero-order valence-corrected chi connectivity index (χ0v) is 38.7. The van der Waals surface area contributed by atoms with Crippen molar-refractivity contribution in [3.8, 4) is 11.3 Å². The summed E-state index contributed by atoms with van der Waals surface area (Å²) in [6.45, 7) is 23.3. The number of aryl methyl sites for hydroxylation is 2. The van der Waals surface area contributed by atoms with Gasteiger partial charge in [-0.2, -0.15) is 0 Å². The van der Waals surface area contributed by atoms with Crippen LogP contribution in [0.3, 0.4) is 0 Å². The van der Waals surface area contributed by atoms with Crippen molar-refractivity contribution in [1.29, 1.82) is 0 Å². The summed E-state index contributed by atoms with van der Waals surface area (Å²) in [6, 6.07) is 25.9. The Hall–Kier alpha value is -3.79. The first kappa shape index (κ1) is 44.3. The van der Waals surface area contributed by atoms with E-state index in [1.807, 2.05) is 41.5 Å². The van der Waals surface area contributed by atoms with Gasteiger partial charge in [-0.05, 0) is 86.5 Å². The van der Waals surface area contributed by atoms with Crippen LogP contribution < -0.4 is 0 Å². The maximum atomic E-state index is 12.2. The Labute approximate surface area is 355 Å². The predicted octanol–water partition coefficient (Wildman–Crippen LogP) is 15.4. The molecule has 1 fully saturated rings. The van der Waals surface area contributed by atoms with E-state index in [0.717, 1.165) is 69.8 Å². The fourth-order valence-electron chi connectivity index (χ4n) is 8.65. The number of aliphatic hydroxyl groups is 1. The molecule has 0 amide bonds. The molecular weight excluding hydrogens is 879 g/mol. The van der Waals surface area contributed by atoms with Crippen LogP contribution in [0.25, 0.3) is 54.9 Å². The number of hydrogen-bond donors (Lipinski definition) is 1. The number of furan rings is 1. The number of fused-ring (bicyclic) bond motifs is 6. The van der Waals surface area contributed by atoms with Crippen molar-refractivity contribution in [2.45, 2.75) is 145 Å². The number of benzene rings is 4. The minimum absolute atomic E-state index is 0. The Kier molecular flexibility index (Phi) is 13.7. The molecule has 1 saturated carbocycles. The van der Waals surface area contributed by atoms with Gasteiger partial charge in [-0.15, -0.1) is 29.1 Å². The molecule has 0 aliphatic heterocycles. The summed E-state index contributed by atoms with van der Waals surface area (Å²) in [5, 5.41) is 15.9. The third-order valence-corrected chi connectivity index (χ3v) is 13.4. The van der Waals surface area contributed by atoms with E-state index >= 15 is 0 Å². The van der Waals surface area contributed by atoms with E-state index in [1.54, 1.807) is 0 Å². The first-order valence-corrected chi connectivity index (χ1v) is 21.3. The fourth-order valence-corrected chi connectivity index (χ4v) is 8.65. The summed E-state index contributed by atoms with van der Waals surface area (Å²) in [5.41, 5.74) is 9.51. The number of rotatable bonds is 9. The number of pyridine rings is 1. The van der Waals surface area contributed by atoms with E-state index in [-0.39, 0.29) is 47.9 Å². The number of nitrogens with zero attached hydrogens (tertiary/aromatic N) is 1. The molecule has 2 heterocycles. The number of ketones is 1. The Balaban J connectivity index is 0.000000295. The van der Waals surface area contributed by atoms with Crippen LogP contribution in [-0.2, 0) is 30.3 Å². The zero-order chi connectivity index (χ0) is 40.6. The van der Waals surface area contributed by atoms with Crippen LogP contribution in [0, 0.1) is 30.7 Å². The van der Waals surface area contributed by atoms with E-state index in [2.05, 4.69) is 101 Å². The topological polar surface area (TPSA) is 63.3 Å². The van der Waals surface area contributed by atoms with Crippen molar-refractivity contribution in [3.63, 3.8) is 0 Å². The van der Waals surface area contributed by atoms with Crippen LogP contribution in [0.5, 0.6) is 0 Å². The van der Waals surface area contributed by atoms with Gasteiger partial charge in [0, 0.05) is 58.9 Å². The molecule has 0 bridgehead atoms. The average molecular weight is 943 g/mol. The minimum atomic E-state index is -0.337. The maximum Gasteiger partial charge on any atom is 0.164 e. The Morgan fingerprint density at radius 2 is 1.44 bits per heavy atom. The van der Waals surface area contributed by atoms with Crippen molar-refractivity contribution < 1.29 is 34.4 Å². The van der Waals surface area contributed by atoms with Crippen molar-refractivity contribution in [1.82, 2.24) is 4.98 Å². The summed E-state index contributed by atoms with van der Waals surface area (Å²) >= 11 is 0. The molecule has 1 N–H and O–H groups in total. The van der Waals surface area contributed by atoms with Gasteiger partial charge in [-0.25, -0.2) is 0 Å². The van der Waals surface area contributed by atoms with Crippen LogP contribution in [0.2, 0.25) is 0 Å². The summed E-state index contributed by atoms with van der Waals surface area (Å²) in [6.07, 6.45) is 11.2. The van der Waals surface area contributed by atoms with Crippen molar-refractivity contribution >= 4 is 49.4 Å². The van der Waals surface area contributed by atoms with Gasteiger partial charge in [0.15, 0.2) is 5.78 Å². The number of para-hydroxylation sites is 1. The van der Waals surface area contributed by atoms with E-state index in [4.69, 9.17) is 9.40 Å². The van der Waals surface area contributed by atoms with Gasteiger partial charge in [0.2, 0.25) is 0 Å². The van der Waals surface area contributed by atoms with Crippen molar-refractivity contribution in [2.75, 3.05) is 0 Å². The molecule has 2 aromatic heterocycles. The molecule has 1 radical (unpaired) electrons. The Morgan fingerprint density at radius 1 is 0.807 bits per heavy atom. The van der Waals surface area contributed by atoms with Gasteiger partial charge < -0.3 is 9.52 Å². The quantitative estimate of drug-likeness (QED) is 0.0891. The first-order valence-electron chi connectivity index (χ1n) is 21.3. The molecule has 57 heavy (non-hydrogen) atoms. The van der Waals surface area contributed by atoms with E-state index in [0.29, 0.717) is 5.92 Å².